The van der Waals surface area contributed by atoms with E-state index >= 15 is 0 Å². The highest BCUT2D eigenvalue weighted by Gasteiger charge is 2.28. The zero-order valence-electron chi connectivity index (χ0n) is 15.7. The summed E-state index contributed by atoms with van der Waals surface area (Å²) in [5, 5.41) is 2.92. The smallest absolute Gasteiger partial charge is 0.255 e. The Balaban J connectivity index is 1.70. The van der Waals surface area contributed by atoms with Crippen molar-refractivity contribution in [1.29, 1.82) is 0 Å². The second-order valence-electron chi connectivity index (χ2n) is 6.87. The topological polar surface area (TPSA) is 84.7 Å². The number of primary amides is 1. The van der Waals surface area contributed by atoms with E-state index in [1.54, 1.807) is 19.2 Å². The number of carbonyl (C=O) groups excluding carboxylic acids is 2. The molecule has 6 heteroatoms. The largest absolute Gasteiger partial charge is 0.496 e. The molecule has 3 rings (SSSR count). The summed E-state index contributed by atoms with van der Waals surface area (Å²) in [6.45, 7) is 3.42. The minimum atomic E-state index is -0.273. The molecule has 1 atom stereocenters. The Hall–Kier alpha value is -2.86. The summed E-state index contributed by atoms with van der Waals surface area (Å²) in [6.07, 6.45) is 1.78. The van der Waals surface area contributed by atoms with Crippen LogP contribution in [0.25, 0.3) is 0 Å². The summed E-state index contributed by atoms with van der Waals surface area (Å²) < 4.78 is 5.29. The lowest BCUT2D eigenvalue weighted by molar-refractivity contribution is -0.122. The van der Waals surface area contributed by atoms with Gasteiger partial charge in [-0.25, -0.2) is 0 Å². The third-order valence-corrected chi connectivity index (χ3v) is 4.93. The summed E-state index contributed by atoms with van der Waals surface area (Å²) in [6, 6.07) is 12.8. The summed E-state index contributed by atoms with van der Waals surface area (Å²) in [4.78, 5) is 26.2. The molecule has 1 heterocycles. The van der Waals surface area contributed by atoms with Crippen molar-refractivity contribution in [3.63, 3.8) is 0 Å². The zero-order chi connectivity index (χ0) is 19.4. The van der Waals surface area contributed by atoms with Gasteiger partial charge in [-0.3, -0.25) is 14.5 Å². The highest BCUT2D eigenvalue weighted by molar-refractivity contribution is 6.04. The van der Waals surface area contributed by atoms with Gasteiger partial charge in [0.25, 0.3) is 5.91 Å². The Morgan fingerprint density at radius 3 is 2.81 bits per heavy atom. The summed E-state index contributed by atoms with van der Waals surface area (Å²) in [5.74, 6) is 0.217. The van der Waals surface area contributed by atoms with Crippen LogP contribution in [0.2, 0.25) is 0 Å². The molecule has 2 aromatic rings. The first-order valence-corrected chi connectivity index (χ1v) is 9.06. The number of likely N-dealkylation sites (tertiary alicyclic amines) is 1. The van der Waals surface area contributed by atoms with Crippen molar-refractivity contribution < 1.29 is 14.3 Å². The van der Waals surface area contributed by atoms with Crippen LogP contribution >= 0.6 is 0 Å². The number of nitrogens with two attached hydrogens (primary N) is 1. The molecule has 1 aliphatic heterocycles. The lowest BCUT2D eigenvalue weighted by Gasteiger charge is -2.22. The molecular weight excluding hydrogens is 342 g/mol. The van der Waals surface area contributed by atoms with Crippen LogP contribution in [0.15, 0.2) is 42.5 Å². The number of hydrogen-bond donors (Lipinski definition) is 2. The maximum absolute atomic E-state index is 12.6. The first kappa shape index (κ1) is 18.9. The number of amides is 2. The highest BCUT2D eigenvalue weighted by Crippen LogP contribution is 2.22. The van der Waals surface area contributed by atoms with Gasteiger partial charge in [0.1, 0.15) is 5.75 Å². The van der Waals surface area contributed by atoms with Crippen LogP contribution in [0.3, 0.4) is 0 Å². The summed E-state index contributed by atoms with van der Waals surface area (Å²) >= 11 is 0. The average Bonchev–Trinajstić information content (AvgIpc) is 3.10. The van der Waals surface area contributed by atoms with Gasteiger partial charge in [-0.05, 0) is 61.7 Å². The average molecular weight is 367 g/mol. The fourth-order valence-corrected chi connectivity index (χ4v) is 3.48. The molecular formula is C21H25N3O3. The number of rotatable bonds is 6. The molecule has 0 bridgehead atoms. The Morgan fingerprint density at radius 1 is 1.26 bits per heavy atom. The number of carbonyl (C=O) groups is 2. The molecule has 1 unspecified atom stereocenters. The van der Waals surface area contributed by atoms with E-state index in [1.165, 1.54) is 0 Å². The lowest BCUT2D eigenvalue weighted by atomic mass is 10.1. The van der Waals surface area contributed by atoms with Crippen molar-refractivity contribution in [2.45, 2.75) is 32.4 Å². The van der Waals surface area contributed by atoms with Crippen molar-refractivity contribution in [3.8, 4) is 5.75 Å². The Bertz CT molecular complexity index is 850. The summed E-state index contributed by atoms with van der Waals surface area (Å²) in [5.41, 5.74) is 8.75. The van der Waals surface area contributed by atoms with Crippen molar-refractivity contribution >= 4 is 17.5 Å². The Kier molecular flexibility index (Phi) is 5.76. The van der Waals surface area contributed by atoms with Gasteiger partial charge in [0, 0.05) is 17.8 Å². The third-order valence-electron chi connectivity index (χ3n) is 4.93. The normalized spacial score (nSPS) is 16.9. The molecule has 3 N–H and O–H groups in total. The maximum atomic E-state index is 12.6. The SMILES string of the molecule is COc1cc(C(=O)Nc2cccc(CN3CCCC3C(N)=O)c2)ccc1C. The second-order valence-corrected chi connectivity index (χ2v) is 6.87. The first-order chi connectivity index (χ1) is 13.0. The van der Waals surface area contributed by atoms with Crippen LogP contribution in [-0.4, -0.2) is 36.4 Å². The van der Waals surface area contributed by atoms with Crippen molar-refractivity contribution in [2.24, 2.45) is 5.73 Å². The molecule has 6 nitrogen and oxygen atoms in total. The molecule has 142 valence electrons. The van der Waals surface area contributed by atoms with Crippen molar-refractivity contribution in [1.82, 2.24) is 4.90 Å². The quantitative estimate of drug-likeness (QED) is 0.822. The van der Waals surface area contributed by atoms with Gasteiger partial charge in [-0.1, -0.05) is 18.2 Å². The zero-order valence-corrected chi connectivity index (χ0v) is 15.7. The predicted octanol–water partition coefficient (Wildman–Crippen LogP) is 2.71. The molecule has 1 aliphatic rings. The van der Waals surface area contributed by atoms with Crippen LogP contribution < -0.4 is 15.8 Å². The van der Waals surface area contributed by atoms with E-state index in [0.29, 0.717) is 23.5 Å². The van der Waals surface area contributed by atoms with Gasteiger partial charge >= 0.3 is 0 Å². The number of aryl methyl sites for hydroxylation is 1. The second kappa shape index (κ2) is 8.22. The van der Waals surface area contributed by atoms with E-state index in [-0.39, 0.29) is 17.9 Å². The Morgan fingerprint density at radius 2 is 2.07 bits per heavy atom. The number of methoxy groups -OCH3 is 1. The number of hydrogen-bond acceptors (Lipinski definition) is 4. The fraction of sp³-hybridized carbons (Fsp3) is 0.333. The Labute approximate surface area is 159 Å². The van der Waals surface area contributed by atoms with Gasteiger partial charge in [-0.2, -0.15) is 0 Å². The molecule has 0 aliphatic carbocycles. The number of ether oxygens (including phenoxy) is 1. The van der Waals surface area contributed by atoms with Gasteiger partial charge < -0.3 is 15.8 Å². The maximum Gasteiger partial charge on any atom is 0.255 e. The molecule has 0 saturated carbocycles. The van der Waals surface area contributed by atoms with E-state index in [4.69, 9.17) is 10.5 Å². The predicted molar refractivity (Wildman–Crippen MR) is 105 cm³/mol. The number of nitrogens with one attached hydrogen (secondary N) is 1. The highest BCUT2D eigenvalue weighted by atomic mass is 16.5. The number of anilines is 1. The number of nitrogens with zero attached hydrogens (tertiary/aromatic N) is 1. The molecule has 2 aromatic carbocycles. The van der Waals surface area contributed by atoms with Crippen LogP contribution in [0.4, 0.5) is 5.69 Å². The molecule has 2 amide bonds. The molecule has 27 heavy (non-hydrogen) atoms. The molecule has 0 radical (unpaired) electrons. The van der Waals surface area contributed by atoms with Crippen LogP contribution in [-0.2, 0) is 11.3 Å². The molecule has 1 saturated heterocycles. The van der Waals surface area contributed by atoms with E-state index in [2.05, 4.69) is 10.2 Å². The fourth-order valence-electron chi connectivity index (χ4n) is 3.48. The molecule has 0 aromatic heterocycles. The van der Waals surface area contributed by atoms with Crippen LogP contribution in [0, 0.1) is 6.92 Å². The van der Waals surface area contributed by atoms with Gasteiger partial charge in [0.05, 0.1) is 13.2 Å². The lowest BCUT2D eigenvalue weighted by Crippen LogP contribution is -2.39. The van der Waals surface area contributed by atoms with E-state index in [9.17, 15) is 9.59 Å². The van der Waals surface area contributed by atoms with E-state index < -0.39 is 0 Å². The van der Waals surface area contributed by atoms with E-state index in [1.807, 2.05) is 37.3 Å². The monoisotopic (exact) mass is 367 g/mol. The third kappa shape index (κ3) is 4.46. The van der Waals surface area contributed by atoms with Crippen molar-refractivity contribution in [2.75, 3.05) is 19.0 Å². The molecule has 1 fully saturated rings. The standard InChI is InChI=1S/C21H25N3O3/c1-14-8-9-16(12-19(14)27-2)21(26)23-17-6-3-5-15(11-17)13-24-10-4-7-18(24)20(22)25/h3,5-6,8-9,11-12,18H,4,7,10,13H2,1-2H3,(H2,22,25)(H,23,26). The number of benzene rings is 2. The van der Waals surface area contributed by atoms with Crippen LogP contribution in [0.5, 0.6) is 5.75 Å². The van der Waals surface area contributed by atoms with Gasteiger partial charge in [0.15, 0.2) is 0 Å². The molecule has 0 spiro atoms. The van der Waals surface area contributed by atoms with E-state index in [0.717, 1.165) is 30.5 Å². The minimum Gasteiger partial charge on any atom is -0.496 e. The first-order valence-electron chi connectivity index (χ1n) is 9.06. The minimum absolute atomic E-state index is 0.193. The summed E-state index contributed by atoms with van der Waals surface area (Å²) in [7, 11) is 1.59. The van der Waals surface area contributed by atoms with Crippen molar-refractivity contribution in [3.05, 3.63) is 59.2 Å². The van der Waals surface area contributed by atoms with Gasteiger partial charge in [-0.15, -0.1) is 0 Å². The van der Waals surface area contributed by atoms with Crippen LogP contribution in [0.1, 0.15) is 34.3 Å². The van der Waals surface area contributed by atoms with Gasteiger partial charge in [0.2, 0.25) is 5.91 Å².